The molecule has 1 atom stereocenters. The standard InChI is InChI=1S/C19H20ClN3OS/c1-11-6-12(2)8-14(7-11)19(16-9-15(20)4-5-17(16)21)25-10-18-22-13(3)23-24-18/h4-9,19H,10,21H2,1-3H3. The third-order valence-electron chi connectivity index (χ3n) is 3.82. The Bertz CT molecular complexity index is 874. The number of halogens is 1. The monoisotopic (exact) mass is 373 g/mol. The third-order valence-corrected chi connectivity index (χ3v) is 5.33. The smallest absolute Gasteiger partial charge is 0.236 e. The van der Waals surface area contributed by atoms with Gasteiger partial charge in [0.2, 0.25) is 5.89 Å². The first-order valence-corrected chi connectivity index (χ1v) is 9.39. The first-order chi connectivity index (χ1) is 11.9. The first kappa shape index (κ1) is 17.8. The molecule has 0 saturated carbocycles. The summed E-state index contributed by atoms with van der Waals surface area (Å²) in [6.45, 7) is 6.01. The van der Waals surface area contributed by atoms with Gasteiger partial charge in [-0.1, -0.05) is 46.1 Å². The molecule has 1 heterocycles. The van der Waals surface area contributed by atoms with Crippen LogP contribution in [0.25, 0.3) is 0 Å². The van der Waals surface area contributed by atoms with Crippen molar-refractivity contribution in [3.63, 3.8) is 0 Å². The van der Waals surface area contributed by atoms with Gasteiger partial charge >= 0.3 is 0 Å². The van der Waals surface area contributed by atoms with Crippen LogP contribution in [0.5, 0.6) is 0 Å². The fourth-order valence-electron chi connectivity index (χ4n) is 2.85. The van der Waals surface area contributed by atoms with E-state index < -0.39 is 0 Å². The predicted octanol–water partition coefficient (Wildman–Crippen LogP) is 5.25. The minimum Gasteiger partial charge on any atom is -0.398 e. The molecule has 130 valence electrons. The van der Waals surface area contributed by atoms with Gasteiger partial charge in [0.15, 0.2) is 5.82 Å². The maximum Gasteiger partial charge on any atom is 0.236 e. The van der Waals surface area contributed by atoms with Gasteiger partial charge in [0.05, 0.1) is 11.0 Å². The van der Waals surface area contributed by atoms with Crippen molar-refractivity contribution in [1.82, 2.24) is 10.1 Å². The van der Waals surface area contributed by atoms with Crippen LogP contribution in [0.3, 0.4) is 0 Å². The van der Waals surface area contributed by atoms with Gasteiger partial charge in [0.1, 0.15) is 0 Å². The van der Waals surface area contributed by atoms with Crippen LogP contribution in [0, 0.1) is 20.8 Å². The van der Waals surface area contributed by atoms with Crippen LogP contribution in [0.15, 0.2) is 40.9 Å². The Balaban J connectivity index is 1.99. The Morgan fingerprint density at radius 2 is 1.84 bits per heavy atom. The molecule has 0 fully saturated rings. The Morgan fingerprint density at radius 1 is 1.12 bits per heavy atom. The van der Waals surface area contributed by atoms with Gasteiger partial charge in [0.25, 0.3) is 0 Å². The minimum atomic E-state index is 0.0320. The van der Waals surface area contributed by atoms with Gasteiger partial charge in [-0.3, -0.25) is 0 Å². The zero-order chi connectivity index (χ0) is 18.0. The fraction of sp³-hybridized carbons (Fsp3) is 0.263. The van der Waals surface area contributed by atoms with Crippen molar-refractivity contribution >= 4 is 29.1 Å². The number of aryl methyl sites for hydroxylation is 3. The quantitative estimate of drug-likeness (QED) is 0.618. The molecular formula is C19H20ClN3OS. The number of nitrogen functional groups attached to an aromatic ring is 1. The van der Waals surface area contributed by atoms with E-state index in [1.807, 2.05) is 25.1 Å². The highest BCUT2D eigenvalue weighted by Gasteiger charge is 2.20. The topological polar surface area (TPSA) is 64.9 Å². The maximum absolute atomic E-state index is 6.25. The zero-order valence-electron chi connectivity index (χ0n) is 14.4. The number of thioether (sulfide) groups is 1. The molecule has 0 spiro atoms. The Hall–Kier alpha value is -1.98. The van der Waals surface area contributed by atoms with Crippen LogP contribution in [-0.2, 0) is 5.75 Å². The molecule has 4 nitrogen and oxygen atoms in total. The summed E-state index contributed by atoms with van der Waals surface area (Å²) >= 11 is 7.93. The summed E-state index contributed by atoms with van der Waals surface area (Å²) in [5.74, 6) is 1.85. The number of rotatable bonds is 5. The van der Waals surface area contributed by atoms with Crippen LogP contribution in [0.1, 0.15) is 39.2 Å². The molecular weight excluding hydrogens is 354 g/mol. The summed E-state index contributed by atoms with van der Waals surface area (Å²) < 4.78 is 5.25. The Morgan fingerprint density at radius 3 is 2.48 bits per heavy atom. The molecule has 0 aliphatic heterocycles. The molecule has 3 rings (SSSR count). The van der Waals surface area contributed by atoms with Gasteiger partial charge < -0.3 is 10.3 Å². The van der Waals surface area contributed by atoms with Gasteiger partial charge in [-0.05, 0) is 50.1 Å². The van der Waals surface area contributed by atoms with E-state index in [9.17, 15) is 0 Å². The molecule has 0 bridgehead atoms. The SMILES string of the molecule is Cc1cc(C)cc(C(SCc2nc(C)no2)c2cc(Cl)ccc2N)c1. The van der Waals surface area contributed by atoms with Crippen LogP contribution in [0.2, 0.25) is 5.02 Å². The number of hydrogen-bond acceptors (Lipinski definition) is 5. The molecule has 0 radical (unpaired) electrons. The van der Waals surface area contributed by atoms with Crippen molar-refractivity contribution in [1.29, 1.82) is 0 Å². The van der Waals surface area contributed by atoms with Crippen molar-refractivity contribution in [2.24, 2.45) is 0 Å². The number of nitrogens with two attached hydrogens (primary N) is 1. The third kappa shape index (κ3) is 4.35. The molecule has 0 aliphatic rings. The van der Waals surface area contributed by atoms with Crippen molar-refractivity contribution in [2.45, 2.75) is 31.8 Å². The fourth-order valence-corrected chi connectivity index (χ4v) is 4.17. The van der Waals surface area contributed by atoms with E-state index in [1.165, 1.54) is 16.7 Å². The second-order valence-corrected chi connectivity index (χ2v) is 7.65. The van der Waals surface area contributed by atoms with Crippen LogP contribution >= 0.6 is 23.4 Å². The number of aromatic nitrogens is 2. The normalized spacial score (nSPS) is 12.3. The molecule has 0 aliphatic carbocycles. The second-order valence-electron chi connectivity index (χ2n) is 6.12. The van der Waals surface area contributed by atoms with E-state index >= 15 is 0 Å². The van der Waals surface area contributed by atoms with E-state index in [-0.39, 0.29) is 5.25 Å². The summed E-state index contributed by atoms with van der Waals surface area (Å²) in [6.07, 6.45) is 0. The van der Waals surface area contributed by atoms with Crippen molar-refractivity contribution < 1.29 is 4.52 Å². The molecule has 6 heteroatoms. The van der Waals surface area contributed by atoms with E-state index in [4.69, 9.17) is 21.9 Å². The summed E-state index contributed by atoms with van der Waals surface area (Å²) in [7, 11) is 0. The van der Waals surface area contributed by atoms with Gasteiger partial charge in [-0.2, -0.15) is 4.98 Å². The van der Waals surface area contributed by atoms with Crippen LogP contribution in [0.4, 0.5) is 5.69 Å². The number of anilines is 1. The number of hydrogen-bond donors (Lipinski definition) is 1. The predicted molar refractivity (Wildman–Crippen MR) is 104 cm³/mol. The van der Waals surface area contributed by atoms with E-state index in [0.29, 0.717) is 22.5 Å². The summed E-state index contributed by atoms with van der Waals surface area (Å²) in [6, 6.07) is 12.1. The zero-order valence-corrected chi connectivity index (χ0v) is 16.0. The lowest BCUT2D eigenvalue weighted by Gasteiger charge is -2.20. The van der Waals surface area contributed by atoms with Crippen LogP contribution < -0.4 is 5.73 Å². The highest BCUT2D eigenvalue weighted by molar-refractivity contribution is 7.98. The molecule has 1 aromatic heterocycles. The molecule has 2 N–H and O–H groups in total. The molecule has 0 saturated heterocycles. The number of nitrogens with zero attached hydrogens (tertiary/aromatic N) is 2. The highest BCUT2D eigenvalue weighted by atomic mass is 35.5. The van der Waals surface area contributed by atoms with E-state index in [2.05, 4.69) is 42.2 Å². The summed E-state index contributed by atoms with van der Waals surface area (Å²) in [4.78, 5) is 4.29. The largest absolute Gasteiger partial charge is 0.398 e. The van der Waals surface area contributed by atoms with Gasteiger partial charge in [0, 0.05) is 10.7 Å². The van der Waals surface area contributed by atoms with Gasteiger partial charge in [-0.25, -0.2) is 0 Å². The maximum atomic E-state index is 6.25. The van der Waals surface area contributed by atoms with Crippen molar-refractivity contribution in [2.75, 3.05) is 5.73 Å². The van der Waals surface area contributed by atoms with Crippen molar-refractivity contribution in [3.8, 4) is 0 Å². The lowest BCUT2D eigenvalue weighted by molar-refractivity contribution is 0.387. The van der Waals surface area contributed by atoms with E-state index in [1.54, 1.807) is 11.8 Å². The van der Waals surface area contributed by atoms with Crippen molar-refractivity contribution in [3.05, 3.63) is 75.4 Å². The molecule has 0 amide bonds. The Kier molecular flexibility index (Phi) is 5.35. The van der Waals surface area contributed by atoms with Crippen LogP contribution in [-0.4, -0.2) is 10.1 Å². The average Bonchev–Trinajstić information content (AvgIpc) is 2.95. The minimum absolute atomic E-state index is 0.0320. The lowest BCUT2D eigenvalue weighted by Crippen LogP contribution is -2.03. The van der Waals surface area contributed by atoms with Gasteiger partial charge in [-0.15, -0.1) is 11.8 Å². The Labute approximate surface area is 156 Å². The molecule has 1 unspecified atom stereocenters. The first-order valence-electron chi connectivity index (χ1n) is 7.96. The second kappa shape index (κ2) is 7.50. The molecule has 25 heavy (non-hydrogen) atoms. The number of benzene rings is 2. The summed E-state index contributed by atoms with van der Waals surface area (Å²) in [5.41, 5.74) is 11.6. The summed E-state index contributed by atoms with van der Waals surface area (Å²) in [5, 5.41) is 4.56. The molecule has 3 aromatic rings. The average molecular weight is 374 g/mol. The van der Waals surface area contributed by atoms with E-state index in [0.717, 1.165) is 11.3 Å². The lowest BCUT2D eigenvalue weighted by atomic mass is 9.99. The highest BCUT2D eigenvalue weighted by Crippen LogP contribution is 2.41. The molecule has 2 aromatic carbocycles.